The topological polar surface area (TPSA) is 0 Å². The molecule has 4 aromatic rings. The van der Waals surface area contributed by atoms with Crippen molar-refractivity contribution in [3.8, 4) is 0 Å². The normalized spacial score (nSPS) is 11.1. The summed E-state index contributed by atoms with van der Waals surface area (Å²) in [6.45, 7) is 0. The Morgan fingerprint density at radius 2 is 0.706 bits per heavy atom. The molecular weight excluding hydrogens is 244 g/mol. The fraction of sp³-hybridized carbons (Fsp3) is 0. The molecule has 4 rings (SSSR count). The molecule has 0 N–H and O–H groups in total. The SMILES string of the molecule is [Cr].c1cc2ccc3cccc4ccc(c1)c2c34. The number of benzene rings is 4. The third kappa shape index (κ3) is 1.37. The molecule has 1 heteroatoms. The molecule has 0 radical (unpaired) electrons. The van der Waals surface area contributed by atoms with Crippen LogP contribution in [0.2, 0.25) is 0 Å². The molecule has 0 fully saturated rings. The van der Waals surface area contributed by atoms with E-state index in [0.29, 0.717) is 0 Å². The van der Waals surface area contributed by atoms with Gasteiger partial charge in [0.25, 0.3) is 0 Å². The Labute approximate surface area is 110 Å². The van der Waals surface area contributed by atoms with Crippen LogP contribution in [0.15, 0.2) is 60.7 Å². The van der Waals surface area contributed by atoms with Crippen LogP contribution in [-0.2, 0) is 17.4 Å². The maximum absolute atomic E-state index is 2.21. The van der Waals surface area contributed by atoms with Crippen LogP contribution in [0.4, 0.5) is 0 Å². The minimum atomic E-state index is 0. The number of rotatable bonds is 0. The first kappa shape index (κ1) is 10.6. The molecule has 4 aromatic carbocycles. The molecule has 0 aliphatic heterocycles. The van der Waals surface area contributed by atoms with Gasteiger partial charge in [0.05, 0.1) is 0 Å². The molecule has 0 saturated carbocycles. The summed E-state index contributed by atoms with van der Waals surface area (Å²) in [5.41, 5.74) is 0. The maximum Gasteiger partial charge on any atom is 0 e. The summed E-state index contributed by atoms with van der Waals surface area (Å²) < 4.78 is 0. The van der Waals surface area contributed by atoms with E-state index in [1.54, 1.807) is 0 Å². The molecule has 0 aromatic heterocycles. The number of hydrogen-bond acceptors (Lipinski definition) is 0. The molecule has 0 atom stereocenters. The van der Waals surface area contributed by atoms with Crippen molar-refractivity contribution < 1.29 is 17.4 Å². The zero-order chi connectivity index (χ0) is 10.5. The Morgan fingerprint density at radius 1 is 0.412 bits per heavy atom. The zero-order valence-electron chi connectivity index (χ0n) is 9.18. The summed E-state index contributed by atoms with van der Waals surface area (Å²) in [6, 6.07) is 21.9. The molecule has 0 aliphatic carbocycles. The molecule has 0 nitrogen and oxygen atoms in total. The van der Waals surface area contributed by atoms with E-state index in [9.17, 15) is 0 Å². The summed E-state index contributed by atoms with van der Waals surface area (Å²) in [5, 5.41) is 8.14. The van der Waals surface area contributed by atoms with E-state index in [1.165, 1.54) is 32.3 Å². The van der Waals surface area contributed by atoms with Gasteiger partial charge in [-0.3, -0.25) is 0 Å². The van der Waals surface area contributed by atoms with Crippen molar-refractivity contribution in [2.75, 3.05) is 0 Å². The standard InChI is InChI=1S/C16H10.Cr/c1-3-11-7-9-13-5-2-6-14-10-8-12(4-1)15(11)16(13)14;/h1-10H;. The molecule has 0 unspecified atom stereocenters. The third-order valence-electron chi connectivity index (χ3n) is 3.39. The van der Waals surface area contributed by atoms with E-state index in [4.69, 9.17) is 0 Å². The quantitative estimate of drug-likeness (QED) is 0.403. The van der Waals surface area contributed by atoms with Gasteiger partial charge in [0, 0.05) is 17.4 Å². The largest absolute Gasteiger partial charge is 0.0610 e. The van der Waals surface area contributed by atoms with Gasteiger partial charge < -0.3 is 0 Å². The van der Waals surface area contributed by atoms with Crippen LogP contribution < -0.4 is 0 Å². The summed E-state index contributed by atoms with van der Waals surface area (Å²) in [7, 11) is 0. The van der Waals surface area contributed by atoms with Gasteiger partial charge in [0.2, 0.25) is 0 Å². The van der Waals surface area contributed by atoms with E-state index in [-0.39, 0.29) is 17.4 Å². The minimum absolute atomic E-state index is 0. The van der Waals surface area contributed by atoms with E-state index in [0.717, 1.165) is 0 Å². The third-order valence-corrected chi connectivity index (χ3v) is 3.39. The van der Waals surface area contributed by atoms with Crippen molar-refractivity contribution in [1.29, 1.82) is 0 Å². The predicted octanol–water partition coefficient (Wildman–Crippen LogP) is 4.58. The van der Waals surface area contributed by atoms with Gasteiger partial charge in [0.1, 0.15) is 0 Å². The van der Waals surface area contributed by atoms with Crippen LogP contribution in [0, 0.1) is 0 Å². The van der Waals surface area contributed by atoms with Crippen molar-refractivity contribution >= 4 is 32.3 Å². The molecule has 80 valence electrons. The molecule has 0 spiro atoms. The van der Waals surface area contributed by atoms with Gasteiger partial charge in [-0.2, -0.15) is 0 Å². The summed E-state index contributed by atoms with van der Waals surface area (Å²) in [4.78, 5) is 0. The van der Waals surface area contributed by atoms with Crippen LogP contribution in [0.1, 0.15) is 0 Å². The smallest absolute Gasteiger partial charge is 0 e. The van der Waals surface area contributed by atoms with E-state index in [1.807, 2.05) is 0 Å². The first-order chi connectivity index (χ1) is 7.93. The van der Waals surface area contributed by atoms with Gasteiger partial charge in [-0.05, 0) is 32.3 Å². The van der Waals surface area contributed by atoms with Crippen LogP contribution in [0.3, 0.4) is 0 Å². The van der Waals surface area contributed by atoms with Crippen molar-refractivity contribution in [3.63, 3.8) is 0 Å². The van der Waals surface area contributed by atoms with Crippen LogP contribution in [0.5, 0.6) is 0 Å². The molecule has 0 aliphatic rings. The van der Waals surface area contributed by atoms with Crippen molar-refractivity contribution in [2.45, 2.75) is 0 Å². The monoisotopic (exact) mass is 254 g/mol. The second kappa shape index (κ2) is 3.74. The average molecular weight is 254 g/mol. The minimum Gasteiger partial charge on any atom is -0.0610 e. The molecular formula is C16H10Cr. The Bertz CT molecular complexity index is 672. The van der Waals surface area contributed by atoms with E-state index >= 15 is 0 Å². The second-order valence-electron chi connectivity index (χ2n) is 4.29. The number of hydrogen-bond donors (Lipinski definition) is 0. The van der Waals surface area contributed by atoms with Crippen LogP contribution in [0.25, 0.3) is 32.3 Å². The Kier molecular flexibility index (Phi) is 2.33. The Balaban J connectivity index is 0.000000902. The van der Waals surface area contributed by atoms with Gasteiger partial charge >= 0.3 is 0 Å². The summed E-state index contributed by atoms with van der Waals surface area (Å²) in [6.07, 6.45) is 0. The van der Waals surface area contributed by atoms with E-state index in [2.05, 4.69) is 60.7 Å². The fourth-order valence-electron chi connectivity index (χ4n) is 2.67. The van der Waals surface area contributed by atoms with Gasteiger partial charge in [0.15, 0.2) is 0 Å². The van der Waals surface area contributed by atoms with Crippen molar-refractivity contribution in [2.24, 2.45) is 0 Å². The molecule has 17 heavy (non-hydrogen) atoms. The molecule has 0 heterocycles. The van der Waals surface area contributed by atoms with Gasteiger partial charge in [-0.25, -0.2) is 0 Å². The summed E-state index contributed by atoms with van der Waals surface area (Å²) >= 11 is 0. The van der Waals surface area contributed by atoms with E-state index < -0.39 is 0 Å². The predicted molar refractivity (Wildman–Crippen MR) is 70.1 cm³/mol. The fourth-order valence-corrected chi connectivity index (χ4v) is 2.67. The van der Waals surface area contributed by atoms with Gasteiger partial charge in [-0.1, -0.05) is 60.7 Å². The second-order valence-corrected chi connectivity index (χ2v) is 4.29. The molecule has 0 saturated heterocycles. The zero-order valence-corrected chi connectivity index (χ0v) is 10.5. The van der Waals surface area contributed by atoms with Crippen LogP contribution >= 0.6 is 0 Å². The maximum atomic E-state index is 2.21. The Morgan fingerprint density at radius 3 is 1.00 bits per heavy atom. The van der Waals surface area contributed by atoms with Crippen LogP contribution in [-0.4, -0.2) is 0 Å². The van der Waals surface area contributed by atoms with Crippen molar-refractivity contribution in [3.05, 3.63) is 60.7 Å². The van der Waals surface area contributed by atoms with Crippen molar-refractivity contribution in [1.82, 2.24) is 0 Å². The Hall–Kier alpha value is -1.55. The first-order valence-electron chi connectivity index (χ1n) is 5.56. The molecule has 0 amide bonds. The van der Waals surface area contributed by atoms with Gasteiger partial charge in [-0.15, -0.1) is 0 Å². The molecule has 0 bridgehead atoms. The first-order valence-corrected chi connectivity index (χ1v) is 5.56. The summed E-state index contributed by atoms with van der Waals surface area (Å²) in [5.74, 6) is 0. The average Bonchev–Trinajstić information content (AvgIpc) is 2.36.